The van der Waals surface area contributed by atoms with Crippen LogP contribution < -0.4 is 0 Å². The summed E-state index contributed by atoms with van der Waals surface area (Å²) in [6, 6.07) is 1.39. The molecule has 1 N–H and O–H groups in total. The van der Waals surface area contributed by atoms with Crippen LogP contribution in [0.4, 0.5) is 13.2 Å². The predicted octanol–water partition coefficient (Wildman–Crippen LogP) is 2.25. The fourth-order valence-electron chi connectivity index (χ4n) is 2.55. The molecule has 0 aromatic carbocycles. The number of halogens is 3. The lowest BCUT2D eigenvalue weighted by atomic mass is 9.96. The summed E-state index contributed by atoms with van der Waals surface area (Å²) in [6.45, 7) is 1.73. The Kier molecular flexibility index (Phi) is 4.31. The minimum Gasteiger partial charge on any atom is -0.481 e. The van der Waals surface area contributed by atoms with Crippen molar-refractivity contribution < 1.29 is 31.5 Å². The van der Waals surface area contributed by atoms with E-state index in [0.29, 0.717) is 9.18 Å². The molecule has 0 aliphatic carbocycles. The monoisotopic (exact) mass is 357 g/mol. The fraction of sp³-hybridized carbons (Fsp3) is 0.583. The standard InChI is InChI=1S/C12H14F3NO4S2/c1-6-3-10(7(2)21-6)22(19,20)16-4-8(11(17)18)9(5-16)12(13,14)15/h3,8-9H,4-5H2,1-2H3,(H,17,18)/t8-,9-/m1/s1. The van der Waals surface area contributed by atoms with Crippen molar-refractivity contribution in [2.24, 2.45) is 11.8 Å². The van der Waals surface area contributed by atoms with Gasteiger partial charge >= 0.3 is 12.1 Å². The van der Waals surface area contributed by atoms with Crippen LogP contribution in [0.2, 0.25) is 0 Å². The number of alkyl halides is 3. The number of carboxylic acids is 1. The van der Waals surface area contributed by atoms with Crippen molar-refractivity contribution in [3.05, 3.63) is 15.8 Å². The van der Waals surface area contributed by atoms with Gasteiger partial charge in [0.25, 0.3) is 0 Å². The van der Waals surface area contributed by atoms with Gasteiger partial charge in [0, 0.05) is 22.8 Å². The van der Waals surface area contributed by atoms with Crippen molar-refractivity contribution in [2.45, 2.75) is 24.9 Å². The zero-order chi connectivity index (χ0) is 16.9. The van der Waals surface area contributed by atoms with E-state index < -0.39 is 47.1 Å². The number of aliphatic carboxylic acids is 1. The van der Waals surface area contributed by atoms with E-state index in [0.717, 1.165) is 4.88 Å². The SMILES string of the molecule is Cc1cc(S(=O)(=O)N2C[C@@H](C(F)(F)F)[C@H](C(=O)O)C2)c(C)s1. The summed E-state index contributed by atoms with van der Waals surface area (Å²) in [5.41, 5.74) is 0. The maximum absolute atomic E-state index is 12.9. The maximum atomic E-state index is 12.9. The molecule has 1 fully saturated rings. The zero-order valence-electron chi connectivity index (χ0n) is 11.7. The minimum absolute atomic E-state index is 0.0537. The van der Waals surface area contributed by atoms with E-state index in [1.807, 2.05) is 0 Å². The lowest BCUT2D eigenvalue weighted by Gasteiger charge is -2.18. The number of hydrogen-bond acceptors (Lipinski definition) is 4. The molecule has 0 amide bonds. The van der Waals surface area contributed by atoms with Gasteiger partial charge in [0.2, 0.25) is 10.0 Å². The molecule has 1 aliphatic heterocycles. The molecule has 2 rings (SSSR count). The van der Waals surface area contributed by atoms with E-state index >= 15 is 0 Å². The summed E-state index contributed by atoms with van der Waals surface area (Å²) in [5, 5.41) is 8.94. The number of carbonyl (C=O) groups is 1. The average Bonchev–Trinajstić information content (AvgIpc) is 2.92. The predicted molar refractivity (Wildman–Crippen MR) is 73.2 cm³/mol. The Hall–Kier alpha value is -1.13. The van der Waals surface area contributed by atoms with E-state index in [4.69, 9.17) is 5.11 Å². The molecule has 0 radical (unpaired) electrons. The van der Waals surface area contributed by atoms with Gasteiger partial charge in [-0.25, -0.2) is 8.42 Å². The van der Waals surface area contributed by atoms with E-state index in [9.17, 15) is 26.4 Å². The second-order valence-electron chi connectivity index (χ2n) is 5.19. The molecule has 1 aromatic heterocycles. The Morgan fingerprint density at radius 1 is 1.36 bits per heavy atom. The number of nitrogens with zero attached hydrogens (tertiary/aromatic N) is 1. The molecule has 0 saturated carbocycles. The van der Waals surface area contributed by atoms with Crippen LogP contribution in [0.3, 0.4) is 0 Å². The van der Waals surface area contributed by atoms with Gasteiger partial charge in [0.05, 0.1) is 16.7 Å². The normalized spacial score (nSPS) is 23.9. The molecule has 10 heteroatoms. The van der Waals surface area contributed by atoms with Crippen LogP contribution in [-0.2, 0) is 14.8 Å². The Morgan fingerprint density at radius 2 is 1.95 bits per heavy atom. The largest absolute Gasteiger partial charge is 0.481 e. The van der Waals surface area contributed by atoms with Crippen molar-refractivity contribution in [2.75, 3.05) is 13.1 Å². The molecule has 22 heavy (non-hydrogen) atoms. The van der Waals surface area contributed by atoms with Gasteiger partial charge in [-0.3, -0.25) is 4.79 Å². The number of aryl methyl sites for hydroxylation is 2. The summed E-state index contributed by atoms with van der Waals surface area (Å²) >= 11 is 1.22. The summed E-state index contributed by atoms with van der Waals surface area (Å²) in [6.07, 6.45) is -4.76. The summed E-state index contributed by atoms with van der Waals surface area (Å²) in [7, 11) is -4.13. The molecule has 1 aromatic rings. The van der Waals surface area contributed by atoms with E-state index in [1.54, 1.807) is 13.8 Å². The van der Waals surface area contributed by atoms with Gasteiger partial charge in [-0.05, 0) is 19.9 Å². The molecule has 5 nitrogen and oxygen atoms in total. The third-order valence-electron chi connectivity index (χ3n) is 3.64. The maximum Gasteiger partial charge on any atom is 0.393 e. The number of thiophene rings is 1. The van der Waals surface area contributed by atoms with Crippen LogP contribution in [-0.4, -0.2) is 43.1 Å². The highest BCUT2D eigenvalue weighted by Gasteiger charge is 2.55. The number of carboxylic acid groups (broad SMARTS) is 1. The third-order valence-corrected chi connectivity index (χ3v) is 6.69. The molecule has 1 saturated heterocycles. The van der Waals surface area contributed by atoms with Crippen LogP contribution >= 0.6 is 11.3 Å². The minimum atomic E-state index is -4.76. The molecule has 124 valence electrons. The first-order valence-electron chi connectivity index (χ1n) is 6.31. The van der Waals surface area contributed by atoms with Gasteiger partial charge in [-0.15, -0.1) is 11.3 Å². The van der Waals surface area contributed by atoms with E-state index in [2.05, 4.69) is 0 Å². The van der Waals surface area contributed by atoms with Gasteiger partial charge in [-0.2, -0.15) is 17.5 Å². The lowest BCUT2D eigenvalue weighted by molar-refractivity contribution is -0.187. The smallest absolute Gasteiger partial charge is 0.393 e. The number of rotatable bonds is 3. The molecular formula is C12H14F3NO4S2. The van der Waals surface area contributed by atoms with Crippen LogP contribution in [0.25, 0.3) is 0 Å². The first-order chi connectivity index (χ1) is 9.94. The Labute approximate surface area is 129 Å². The van der Waals surface area contributed by atoms with Gasteiger partial charge < -0.3 is 5.11 Å². The molecule has 2 atom stereocenters. The summed E-state index contributed by atoms with van der Waals surface area (Å²) < 4.78 is 64.4. The number of hydrogen-bond donors (Lipinski definition) is 1. The summed E-state index contributed by atoms with van der Waals surface area (Å²) in [4.78, 5) is 12.2. The molecule has 2 heterocycles. The quantitative estimate of drug-likeness (QED) is 0.900. The first kappa shape index (κ1) is 17.2. The summed E-state index contributed by atoms with van der Waals surface area (Å²) in [5.74, 6) is -5.62. The Morgan fingerprint density at radius 3 is 2.32 bits per heavy atom. The van der Waals surface area contributed by atoms with Crippen molar-refractivity contribution >= 4 is 27.3 Å². The van der Waals surface area contributed by atoms with Gasteiger partial charge in [-0.1, -0.05) is 0 Å². The van der Waals surface area contributed by atoms with Crippen molar-refractivity contribution in [3.8, 4) is 0 Å². The first-order valence-corrected chi connectivity index (χ1v) is 8.57. The molecule has 1 aliphatic rings. The second kappa shape index (κ2) is 5.50. The second-order valence-corrected chi connectivity index (χ2v) is 8.56. The van der Waals surface area contributed by atoms with Crippen LogP contribution in [0, 0.1) is 25.7 Å². The molecule has 0 spiro atoms. The Balaban J connectivity index is 2.38. The molecule has 0 bridgehead atoms. The fourth-order valence-corrected chi connectivity index (χ4v) is 5.56. The topological polar surface area (TPSA) is 74.7 Å². The van der Waals surface area contributed by atoms with E-state index in [1.165, 1.54) is 17.4 Å². The highest BCUT2D eigenvalue weighted by Crippen LogP contribution is 2.40. The number of sulfonamides is 1. The van der Waals surface area contributed by atoms with Crippen molar-refractivity contribution in [1.82, 2.24) is 4.31 Å². The van der Waals surface area contributed by atoms with Gasteiger partial charge in [0.15, 0.2) is 0 Å². The highest BCUT2D eigenvalue weighted by molar-refractivity contribution is 7.89. The third kappa shape index (κ3) is 2.99. The average molecular weight is 357 g/mol. The van der Waals surface area contributed by atoms with Crippen LogP contribution in [0.15, 0.2) is 11.0 Å². The lowest BCUT2D eigenvalue weighted by Crippen LogP contribution is -2.34. The zero-order valence-corrected chi connectivity index (χ0v) is 13.3. The van der Waals surface area contributed by atoms with Crippen LogP contribution in [0.1, 0.15) is 9.75 Å². The Bertz CT molecular complexity index is 696. The molecular weight excluding hydrogens is 343 g/mol. The molecule has 0 unspecified atom stereocenters. The van der Waals surface area contributed by atoms with Crippen LogP contribution in [0.5, 0.6) is 0 Å². The van der Waals surface area contributed by atoms with Crippen molar-refractivity contribution in [3.63, 3.8) is 0 Å². The van der Waals surface area contributed by atoms with E-state index in [-0.39, 0.29) is 4.90 Å². The highest BCUT2D eigenvalue weighted by atomic mass is 32.2. The van der Waals surface area contributed by atoms with Crippen molar-refractivity contribution in [1.29, 1.82) is 0 Å². The van der Waals surface area contributed by atoms with Gasteiger partial charge in [0.1, 0.15) is 0 Å².